The molecule has 408 valence electrons. The molecule has 2 aromatic carbocycles. The molecule has 73 heavy (non-hydrogen) atoms. The molecular formula is C53H84N8O12. The Kier molecular flexibility index (Phi) is 24.6. The number of hydrogen-bond donors (Lipinski definition) is 7. The van der Waals surface area contributed by atoms with Crippen molar-refractivity contribution in [3.05, 3.63) is 65.7 Å². The number of anilines is 1. The van der Waals surface area contributed by atoms with Gasteiger partial charge >= 0.3 is 12.1 Å². The number of amides is 8. The molecule has 0 aromatic heterocycles. The van der Waals surface area contributed by atoms with Crippen LogP contribution in [0.3, 0.4) is 0 Å². The van der Waals surface area contributed by atoms with Crippen LogP contribution in [-0.2, 0) is 50.6 Å². The second-order valence-electron chi connectivity index (χ2n) is 20.0. The molecule has 2 aromatic rings. The van der Waals surface area contributed by atoms with E-state index >= 15 is 0 Å². The van der Waals surface area contributed by atoms with Crippen LogP contribution in [0, 0.1) is 23.7 Å². The number of benzene rings is 2. The molecule has 1 aliphatic rings. The Morgan fingerprint density at radius 1 is 0.836 bits per heavy atom. The molecule has 0 saturated carbocycles. The number of likely N-dealkylation sites (tertiary alicyclic amines) is 1. The number of likely N-dealkylation sites (N-methyl/N-ethyl adjacent to an activating group) is 2. The quantitative estimate of drug-likeness (QED) is 0.0460. The first kappa shape index (κ1) is 61.5. The number of nitrogens with zero attached hydrogens (tertiary/aromatic N) is 3. The molecule has 0 unspecified atom stereocenters. The molecule has 1 fully saturated rings. The average Bonchev–Trinajstić information content (AvgIpc) is 3.84. The standard InChI is InChI=1S/C53H84N8O12/c1-13-34(6)46(41(71-11)30-43(63)61-29-19-22-40(61)47(72-12)35(7)48(64)56-36(8)53(69,70)38-20-15-14-16-21-38)59(9)50(66)44(32(2)3)58-49(65)45(33(4)5)60(10)52(68)73-31-37-24-26-39(27-25-37)57-42(62)23-17-18-28-55-51(54)67/h14-16,20-21,24-27,32-36,40-41,44-47,69-70H,13,17-19,22-23,28-31H2,1-12H3,(H,56,64)(H,57,62)(H,58,65)(H3,54,55,67)/t34-,35+,36+,40-,41+,44-,45-,46-,47+/m0/s1. The first-order valence-corrected chi connectivity index (χ1v) is 25.5. The van der Waals surface area contributed by atoms with E-state index in [9.17, 15) is 43.8 Å². The summed E-state index contributed by atoms with van der Waals surface area (Å²) in [6.07, 6.45) is 0.941. The molecule has 0 spiro atoms. The summed E-state index contributed by atoms with van der Waals surface area (Å²) < 4.78 is 17.6. The lowest BCUT2D eigenvalue weighted by molar-refractivity contribution is -0.192. The van der Waals surface area contributed by atoms with E-state index in [0.717, 1.165) is 0 Å². The third-order valence-electron chi connectivity index (χ3n) is 14.0. The summed E-state index contributed by atoms with van der Waals surface area (Å²) in [6.45, 7) is 15.0. The highest BCUT2D eigenvalue weighted by atomic mass is 16.6. The van der Waals surface area contributed by atoms with Gasteiger partial charge in [0.1, 0.15) is 18.7 Å². The van der Waals surface area contributed by atoms with Gasteiger partial charge in [-0.25, -0.2) is 9.59 Å². The van der Waals surface area contributed by atoms with Gasteiger partial charge < -0.3 is 61.2 Å². The van der Waals surface area contributed by atoms with Crippen molar-refractivity contribution in [2.24, 2.45) is 29.4 Å². The topological polar surface area (TPSA) is 272 Å². The summed E-state index contributed by atoms with van der Waals surface area (Å²) in [4.78, 5) is 97.9. The zero-order valence-electron chi connectivity index (χ0n) is 45.0. The lowest BCUT2D eigenvalue weighted by atomic mass is 9.89. The fourth-order valence-corrected chi connectivity index (χ4v) is 9.47. The van der Waals surface area contributed by atoms with Crippen LogP contribution in [0.15, 0.2) is 54.6 Å². The van der Waals surface area contributed by atoms with E-state index in [1.165, 1.54) is 33.1 Å². The molecule has 3 rings (SSSR count). The number of carbonyl (C=O) groups is 7. The Labute approximate surface area is 431 Å². The Balaban J connectivity index is 1.69. The van der Waals surface area contributed by atoms with Gasteiger partial charge in [-0.05, 0) is 68.1 Å². The highest BCUT2D eigenvalue weighted by Gasteiger charge is 2.44. The van der Waals surface area contributed by atoms with Gasteiger partial charge in [0, 0.05) is 59.1 Å². The van der Waals surface area contributed by atoms with Crippen molar-refractivity contribution in [3.63, 3.8) is 0 Å². The number of urea groups is 1. The van der Waals surface area contributed by atoms with Crippen LogP contribution in [-0.4, -0.2) is 150 Å². The van der Waals surface area contributed by atoms with Gasteiger partial charge in [0.25, 0.3) is 0 Å². The number of unbranched alkanes of at least 4 members (excludes halogenated alkanes) is 1. The minimum Gasteiger partial charge on any atom is -0.445 e. The molecule has 1 saturated heterocycles. The van der Waals surface area contributed by atoms with Gasteiger partial charge in [0.2, 0.25) is 35.3 Å². The lowest BCUT2D eigenvalue weighted by Crippen LogP contribution is -2.60. The van der Waals surface area contributed by atoms with E-state index in [1.807, 2.05) is 27.7 Å². The van der Waals surface area contributed by atoms with Crippen molar-refractivity contribution >= 4 is 47.3 Å². The number of rotatable bonds is 28. The molecule has 20 heteroatoms. The largest absolute Gasteiger partial charge is 0.445 e. The van der Waals surface area contributed by atoms with Crippen molar-refractivity contribution in [1.29, 1.82) is 0 Å². The van der Waals surface area contributed by atoms with Crippen LogP contribution >= 0.6 is 0 Å². The Hall–Kier alpha value is -5.83. The van der Waals surface area contributed by atoms with E-state index in [4.69, 9.17) is 19.9 Å². The van der Waals surface area contributed by atoms with E-state index in [1.54, 1.807) is 92.2 Å². The summed E-state index contributed by atoms with van der Waals surface area (Å²) in [5.74, 6) is -5.91. The molecular weight excluding hydrogens is 941 g/mol. The van der Waals surface area contributed by atoms with Crippen molar-refractivity contribution in [2.45, 2.75) is 155 Å². The molecule has 9 atom stereocenters. The summed E-state index contributed by atoms with van der Waals surface area (Å²) in [6, 6.07) is 10.2. The number of nitrogens with two attached hydrogens (primary N) is 1. The smallest absolute Gasteiger partial charge is 0.410 e. The number of nitrogens with one attached hydrogen (secondary N) is 4. The van der Waals surface area contributed by atoms with Crippen LogP contribution in [0.2, 0.25) is 0 Å². The fraction of sp³-hybridized carbons (Fsp3) is 0.642. The van der Waals surface area contributed by atoms with E-state index < -0.39 is 84.0 Å². The second kappa shape index (κ2) is 29.2. The van der Waals surface area contributed by atoms with Gasteiger partial charge in [-0.1, -0.05) is 97.4 Å². The first-order valence-electron chi connectivity index (χ1n) is 25.5. The monoisotopic (exact) mass is 1020 g/mol. The average molecular weight is 1030 g/mol. The predicted molar refractivity (Wildman–Crippen MR) is 276 cm³/mol. The van der Waals surface area contributed by atoms with Crippen LogP contribution in [0.4, 0.5) is 15.3 Å². The Morgan fingerprint density at radius 3 is 2.04 bits per heavy atom. The Bertz CT molecular complexity index is 2110. The summed E-state index contributed by atoms with van der Waals surface area (Å²) in [7, 11) is 6.08. The number of hydrogen-bond acceptors (Lipinski definition) is 12. The maximum absolute atomic E-state index is 14.6. The normalized spacial score (nSPS) is 17.0. The molecule has 1 heterocycles. The number of carbonyl (C=O) groups excluding carboxylic acids is 7. The minimum absolute atomic E-state index is 0.0932. The number of primary amides is 1. The van der Waals surface area contributed by atoms with Crippen LogP contribution in [0.1, 0.15) is 111 Å². The highest BCUT2D eigenvalue weighted by molar-refractivity contribution is 5.92. The number of aliphatic hydroxyl groups is 2. The van der Waals surface area contributed by atoms with E-state index in [-0.39, 0.29) is 54.6 Å². The van der Waals surface area contributed by atoms with Crippen LogP contribution < -0.4 is 27.0 Å². The number of methoxy groups -OCH3 is 2. The second-order valence-corrected chi connectivity index (χ2v) is 20.0. The predicted octanol–water partition coefficient (Wildman–Crippen LogP) is 4.46. The maximum atomic E-state index is 14.6. The minimum atomic E-state index is -2.34. The SMILES string of the molecule is CC[C@H](C)[C@@H]([C@@H](CC(=O)N1CCC[C@H]1[C@H](OC)[C@@H](C)C(=O)N[C@H](C)C(O)(O)c1ccccc1)OC)N(C)C(=O)[C@@H](NC(=O)[C@H](C(C)C)N(C)C(=O)OCc1ccc(NC(=O)CCCCNC(N)=O)cc1)C(C)C. The van der Waals surface area contributed by atoms with E-state index in [2.05, 4.69) is 21.3 Å². The Morgan fingerprint density at radius 2 is 1.48 bits per heavy atom. The summed E-state index contributed by atoms with van der Waals surface area (Å²) in [5, 5.41) is 32.8. The zero-order valence-corrected chi connectivity index (χ0v) is 45.0. The highest BCUT2D eigenvalue weighted by Crippen LogP contribution is 2.31. The number of ether oxygens (including phenoxy) is 3. The van der Waals surface area contributed by atoms with Crippen molar-refractivity contribution in [1.82, 2.24) is 30.7 Å². The summed E-state index contributed by atoms with van der Waals surface area (Å²) in [5.41, 5.74) is 6.48. The fourth-order valence-electron chi connectivity index (χ4n) is 9.47. The van der Waals surface area contributed by atoms with Crippen molar-refractivity contribution in [2.75, 3.05) is 46.7 Å². The molecule has 20 nitrogen and oxygen atoms in total. The van der Waals surface area contributed by atoms with Crippen LogP contribution in [0.5, 0.6) is 0 Å². The molecule has 0 bridgehead atoms. The molecule has 8 amide bonds. The molecule has 1 aliphatic heterocycles. The van der Waals surface area contributed by atoms with Gasteiger partial charge in [0.05, 0.1) is 42.7 Å². The van der Waals surface area contributed by atoms with Crippen LogP contribution in [0.25, 0.3) is 0 Å². The van der Waals surface area contributed by atoms with Crippen molar-refractivity contribution in [3.8, 4) is 0 Å². The van der Waals surface area contributed by atoms with Gasteiger partial charge in [-0.15, -0.1) is 0 Å². The molecule has 0 radical (unpaired) electrons. The maximum Gasteiger partial charge on any atom is 0.410 e. The van der Waals surface area contributed by atoms with Gasteiger partial charge in [0.15, 0.2) is 0 Å². The first-order chi connectivity index (χ1) is 34.4. The van der Waals surface area contributed by atoms with Crippen molar-refractivity contribution < 1.29 is 58.0 Å². The zero-order chi connectivity index (χ0) is 54.7. The van der Waals surface area contributed by atoms with Gasteiger partial charge in [-0.2, -0.15) is 0 Å². The third kappa shape index (κ3) is 17.4. The molecule has 8 N–H and O–H groups in total. The summed E-state index contributed by atoms with van der Waals surface area (Å²) >= 11 is 0. The van der Waals surface area contributed by atoms with Gasteiger partial charge in [-0.3, -0.25) is 28.9 Å². The lowest BCUT2D eigenvalue weighted by Gasteiger charge is -2.41. The third-order valence-corrected chi connectivity index (χ3v) is 14.0. The molecule has 0 aliphatic carbocycles. The van der Waals surface area contributed by atoms with E-state index in [0.29, 0.717) is 56.4 Å².